The normalized spacial score (nSPS) is 11.8. The van der Waals surface area contributed by atoms with Crippen LogP contribution in [0.4, 0.5) is 4.39 Å². The fourth-order valence-corrected chi connectivity index (χ4v) is 1.42. The molecule has 0 fully saturated rings. The molecule has 0 spiro atoms. The van der Waals surface area contributed by atoms with Gasteiger partial charge in [0, 0.05) is 23.6 Å². The smallest absolute Gasteiger partial charge is 0.128 e. The Hall–Kier alpha value is -1.09. The fourth-order valence-electron chi connectivity index (χ4n) is 1.19. The molecule has 4 heteroatoms. The molecule has 0 aliphatic rings. The molecule has 0 saturated heterocycles. The van der Waals surface area contributed by atoms with Crippen molar-refractivity contribution >= 4 is 17.4 Å². The molecular weight excluding hydrogens is 215 g/mol. The first kappa shape index (κ1) is 12.0. The second kappa shape index (κ2) is 5.71. The molecule has 0 aliphatic heterocycles. The van der Waals surface area contributed by atoms with E-state index >= 15 is 0 Å². The number of nitrogens with two attached hydrogens (primary N) is 1. The number of hydrogen-bond acceptors (Lipinski definition) is 1. The standard InChI is InChI=1S/C11H14ClFN2/c1-2-6-15-11(14)7-8-9(12)4-3-5-10(8)13/h3-5H,2,6-7H2,1H3,(H2,14,15). The molecule has 0 bridgehead atoms. The molecular formula is C11H14ClFN2. The Bertz CT molecular complexity index is 343. The molecule has 2 N–H and O–H groups in total. The van der Waals surface area contributed by atoms with Crippen LogP contribution in [0.3, 0.4) is 0 Å². The van der Waals surface area contributed by atoms with E-state index in [1.807, 2.05) is 6.92 Å². The van der Waals surface area contributed by atoms with Crippen LogP contribution in [-0.2, 0) is 6.42 Å². The van der Waals surface area contributed by atoms with Gasteiger partial charge in [0.1, 0.15) is 5.82 Å². The topological polar surface area (TPSA) is 38.4 Å². The summed E-state index contributed by atoms with van der Waals surface area (Å²) in [5.74, 6) is 0.0843. The lowest BCUT2D eigenvalue weighted by Crippen LogP contribution is -2.16. The molecule has 0 atom stereocenters. The lowest BCUT2D eigenvalue weighted by atomic mass is 10.1. The van der Waals surface area contributed by atoms with Crippen molar-refractivity contribution in [2.45, 2.75) is 19.8 Å². The van der Waals surface area contributed by atoms with E-state index in [2.05, 4.69) is 4.99 Å². The van der Waals surface area contributed by atoms with Crippen LogP contribution in [0.2, 0.25) is 5.02 Å². The monoisotopic (exact) mass is 228 g/mol. The minimum absolute atomic E-state index is 0.269. The molecule has 1 aromatic rings. The Morgan fingerprint density at radius 2 is 2.27 bits per heavy atom. The minimum Gasteiger partial charge on any atom is -0.387 e. The van der Waals surface area contributed by atoms with Gasteiger partial charge < -0.3 is 5.73 Å². The molecule has 15 heavy (non-hydrogen) atoms. The molecule has 0 radical (unpaired) electrons. The molecule has 1 aromatic carbocycles. The molecule has 0 heterocycles. The summed E-state index contributed by atoms with van der Waals surface area (Å²) in [5, 5.41) is 0.393. The highest BCUT2D eigenvalue weighted by atomic mass is 35.5. The fraction of sp³-hybridized carbons (Fsp3) is 0.364. The molecule has 0 aliphatic carbocycles. The van der Waals surface area contributed by atoms with Gasteiger partial charge in [-0.3, -0.25) is 4.99 Å². The molecule has 1 rings (SSSR count). The van der Waals surface area contributed by atoms with Gasteiger partial charge in [-0.1, -0.05) is 24.6 Å². The lowest BCUT2D eigenvalue weighted by molar-refractivity contribution is 0.616. The third kappa shape index (κ3) is 3.51. The summed E-state index contributed by atoms with van der Waals surface area (Å²) in [5.41, 5.74) is 6.07. The highest BCUT2D eigenvalue weighted by Gasteiger charge is 2.07. The molecule has 0 unspecified atom stereocenters. The van der Waals surface area contributed by atoms with Gasteiger partial charge in [-0.05, 0) is 18.6 Å². The zero-order valence-electron chi connectivity index (χ0n) is 8.63. The summed E-state index contributed by atoms with van der Waals surface area (Å²) in [6.45, 7) is 2.67. The summed E-state index contributed by atoms with van der Waals surface area (Å²) in [7, 11) is 0. The second-order valence-corrected chi connectivity index (χ2v) is 3.66. The summed E-state index contributed by atoms with van der Waals surface area (Å²) < 4.78 is 13.3. The van der Waals surface area contributed by atoms with Crippen LogP contribution in [0, 0.1) is 5.82 Å². The van der Waals surface area contributed by atoms with Gasteiger partial charge in [-0.15, -0.1) is 0 Å². The lowest BCUT2D eigenvalue weighted by Gasteiger charge is -2.05. The summed E-state index contributed by atoms with van der Waals surface area (Å²) >= 11 is 5.86. The van der Waals surface area contributed by atoms with Gasteiger partial charge in [0.25, 0.3) is 0 Å². The highest BCUT2D eigenvalue weighted by Crippen LogP contribution is 2.19. The number of hydrogen-bond donors (Lipinski definition) is 1. The maximum atomic E-state index is 13.3. The van der Waals surface area contributed by atoms with Crippen LogP contribution >= 0.6 is 11.6 Å². The van der Waals surface area contributed by atoms with Gasteiger partial charge >= 0.3 is 0 Å². The van der Waals surface area contributed by atoms with E-state index in [1.165, 1.54) is 6.07 Å². The average molecular weight is 229 g/mol. The Balaban J connectivity index is 2.80. The van der Waals surface area contributed by atoms with Crippen molar-refractivity contribution in [1.82, 2.24) is 0 Å². The Labute approximate surface area is 94.0 Å². The maximum absolute atomic E-state index is 13.3. The zero-order valence-corrected chi connectivity index (χ0v) is 9.39. The van der Waals surface area contributed by atoms with E-state index in [-0.39, 0.29) is 12.2 Å². The molecule has 0 saturated carbocycles. The Morgan fingerprint density at radius 3 is 2.87 bits per heavy atom. The third-order valence-electron chi connectivity index (χ3n) is 1.96. The highest BCUT2D eigenvalue weighted by molar-refractivity contribution is 6.31. The van der Waals surface area contributed by atoms with Crippen molar-refractivity contribution in [3.63, 3.8) is 0 Å². The van der Waals surface area contributed by atoms with Crippen molar-refractivity contribution < 1.29 is 4.39 Å². The van der Waals surface area contributed by atoms with Gasteiger partial charge in [-0.25, -0.2) is 4.39 Å². The van der Waals surface area contributed by atoms with E-state index in [0.717, 1.165) is 6.42 Å². The Morgan fingerprint density at radius 1 is 1.53 bits per heavy atom. The van der Waals surface area contributed by atoms with E-state index in [9.17, 15) is 4.39 Å². The van der Waals surface area contributed by atoms with E-state index in [4.69, 9.17) is 17.3 Å². The SMILES string of the molecule is CCCN=C(N)Cc1c(F)cccc1Cl. The molecule has 82 valence electrons. The van der Waals surface area contributed by atoms with Gasteiger partial charge in [-0.2, -0.15) is 0 Å². The predicted molar refractivity (Wildman–Crippen MR) is 61.9 cm³/mol. The minimum atomic E-state index is -0.336. The summed E-state index contributed by atoms with van der Waals surface area (Å²) in [6, 6.07) is 4.59. The van der Waals surface area contributed by atoms with Crippen molar-refractivity contribution in [2.24, 2.45) is 10.7 Å². The second-order valence-electron chi connectivity index (χ2n) is 3.25. The summed E-state index contributed by atoms with van der Waals surface area (Å²) in [6.07, 6.45) is 1.19. The van der Waals surface area contributed by atoms with Crippen LogP contribution in [0.1, 0.15) is 18.9 Å². The molecule has 2 nitrogen and oxygen atoms in total. The first-order valence-electron chi connectivity index (χ1n) is 4.86. The number of aliphatic imine (C=N–C) groups is 1. The molecule has 0 aromatic heterocycles. The quantitative estimate of drug-likeness (QED) is 0.625. The zero-order chi connectivity index (χ0) is 11.3. The summed E-state index contributed by atoms with van der Waals surface area (Å²) in [4.78, 5) is 4.09. The largest absolute Gasteiger partial charge is 0.387 e. The van der Waals surface area contributed by atoms with Crippen LogP contribution in [0.15, 0.2) is 23.2 Å². The van der Waals surface area contributed by atoms with Gasteiger partial charge in [0.05, 0.1) is 5.84 Å². The first-order chi connectivity index (χ1) is 7.15. The van der Waals surface area contributed by atoms with Gasteiger partial charge in [0.15, 0.2) is 0 Å². The van der Waals surface area contributed by atoms with Crippen LogP contribution in [0.25, 0.3) is 0 Å². The van der Waals surface area contributed by atoms with Crippen LogP contribution < -0.4 is 5.73 Å². The number of amidine groups is 1. The van der Waals surface area contributed by atoms with Crippen molar-refractivity contribution in [3.05, 3.63) is 34.6 Å². The first-order valence-corrected chi connectivity index (χ1v) is 5.24. The number of halogens is 2. The van der Waals surface area contributed by atoms with Crippen molar-refractivity contribution in [2.75, 3.05) is 6.54 Å². The number of nitrogens with zero attached hydrogens (tertiary/aromatic N) is 1. The van der Waals surface area contributed by atoms with Crippen LogP contribution in [0.5, 0.6) is 0 Å². The number of rotatable bonds is 4. The Kier molecular flexibility index (Phi) is 4.56. The predicted octanol–water partition coefficient (Wildman–Crippen LogP) is 2.79. The average Bonchev–Trinajstić information content (AvgIpc) is 2.21. The van der Waals surface area contributed by atoms with Crippen molar-refractivity contribution in [1.29, 1.82) is 0 Å². The van der Waals surface area contributed by atoms with Crippen molar-refractivity contribution in [3.8, 4) is 0 Å². The maximum Gasteiger partial charge on any atom is 0.128 e. The van der Waals surface area contributed by atoms with Crippen LogP contribution in [-0.4, -0.2) is 12.4 Å². The van der Waals surface area contributed by atoms with E-state index in [0.29, 0.717) is 23.0 Å². The van der Waals surface area contributed by atoms with E-state index in [1.54, 1.807) is 12.1 Å². The molecule has 0 amide bonds. The van der Waals surface area contributed by atoms with Gasteiger partial charge in [0.2, 0.25) is 0 Å². The third-order valence-corrected chi connectivity index (χ3v) is 2.31. The van der Waals surface area contributed by atoms with E-state index < -0.39 is 0 Å². The number of benzene rings is 1.